The maximum absolute atomic E-state index is 11.9. The van der Waals surface area contributed by atoms with E-state index in [0.29, 0.717) is 17.2 Å². The lowest BCUT2D eigenvalue weighted by molar-refractivity contribution is 0.311. The average molecular weight is 287 g/mol. The molecule has 0 saturated heterocycles. The van der Waals surface area contributed by atoms with Crippen molar-refractivity contribution in [2.24, 2.45) is 0 Å². The van der Waals surface area contributed by atoms with E-state index in [4.69, 9.17) is 15.2 Å². The molecule has 0 aliphatic carbocycles. The first kappa shape index (κ1) is 15.6. The third-order valence-corrected chi connectivity index (χ3v) is 5.30. The van der Waals surface area contributed by atoms with Gasteiger partial charge >= 0.3 is 0 Å². The molecule has 5 nitrogen and oxygen atoms in total. The summed E-state index contributed by atoms with van der Waals surface area (Å²) in [4.78, 5) is 0. The number of anilines is 1. The van der Waals surface area contributed by atoms with Crippen molar-refractivity contribution in [3.8, 4) is 11.5 Å². The highest BCUT2D eigenvalue weighted by Gasteiger charge is 2.28. The SMILES string of the molecule is COc1ccc(N)cc1OCCS(=O)(=O)C(C)(C)C. The molecule has 0 atom stereocenters. The van der Waals surface area contributed by atoms with Gasteiger partial charge in [-0.3, -0.25) is 0 Å². The van der Waals surface area contributed by atoms with E-state index in [9.17, 15) is 8.42 Å². The Morgan fingerprint density at radius 1 is 1.21 bits per heavy atom. The van der Waals surface area contributed by atoms with Crippen LogP contribution in [0.5, 0.6) is 11.5 Å². The first-order valence-electron chi connectivity index (χ1n) is 5.96. The van der Waals surface area contributed by atoms with Gasteiger partial charge in [0, 0.05) is 11.8 Å². The molecule has 0 spiro atoms. The molecule has 0 radical (unpaired) electrons. The molecular weight excluding hydrogens is 266 g/mol. The van der Waals surface area contributed by atoms with Crippen LogP contribution in [0.4, 0.5) is 5.69 Å². The van der Waals surface area contributed by atoms with Crippen LogP contribution in [-0.2, 0) is 9.84 Å². The Kier molecular flexibility index (Phi) is 4.68. The minimum absolute atomic E-state index is 0.0472. The van der Waals surface area contributed by atoms with Gasteiger partial charge in [0.15, 0.2) is 21.3 Å². The molecule has 1 aromatic rings. The number of methoxy groups -OCH3 is 1. The van der Waals surface area contributed by atoms with E-state index >= 15 is 0 Å². The minimum atomic E-state index is -3.19. The fourth-order valence-electron chi connectivity index (χ4n) is 1.37. The van der Waals surface area contributed by atoms with Crippen LogP contribution in [0, 0.1) is 0 Å². The van der Waals surface area contributed by atoms with Crippen molar-refractivity contribution in [1.29, 1.82) is 0 Å². The molecule has 2 N–H and O–H groups in total. The zero-order valence-corrected chi connectivity index (χ0v) is 12.6. The fraction of sp³-hybridized carbons (Fsp3) is 0.538. The molecule has 0 amide bonds. The number of rotatable bonds is 5. The molecule has 0 aromatic heterocycles. The fourth-order valence-corrected chi connectivity index (χ4v) is 2.29. The Morgan fingerprint density at radius 3 is 2.37 bits per heavy atom. The molecule has 0 unspecified atom stereocenters. The van der Waals surface area contributed by atoms with Crippen molar-refractivity contribution in [2.45, 2.75) is 25.5 Å². The van der Waals surface area contributed by atoms with E-state index in [0.717, 1.165) is 0 Å². The van der Waals surface area contributed by atoms with E-state index in [-0.39, 0.29) is 12.4 Å². The molecule has 1 rings (SSSR count). The van der Waals surface area contributed by atoms with Crippen LogP contribution in [0.25, 0.3) is 0 Å². The van der Waals surface area contributed by atoms with Crippen molar-refractivity contribution in [3.05, 3.63) is 18.2 Å². The highest BCUT2D eigenvalue weighted by Crippen LogP contribution is 2.29. The van der Waals surface area contributed by atoms with Crippen LogP contribution in [0.3, 0.4) is 0 Å². The number of nitrogens with two attached hydrogens (primary N) is 1. The maximum atomic E-state index is 11.9. The van der Waals surface area contributed by atoms with E-state index < -0.39 is 14.6 Å². The topological polar surface area (TPSA) is 78.6 Å². The van der Waals surface area contributed by atoms with Crippen LogP contribution in [-0.4, -0.2) is 32.6 Å². The van der Waals surface area contributed by atoms with Crippen molar-refractivity contribution in [3.63, 3.8) is 0 Å². The second kappa shape index (κ2) is 5.69. The van der Waals surface area contributed by atoms with E-state index in [1.165, 1.54) is 7.11 Å². The predicted molar refractivity (Wildman–Crippen MR) is 76.4 cm³/mol. The lowest BCUT2D eigenvalue weighted by Gasteiger charge is -2.19. The summed E-state index contributed by atoms with van der Waals surface area (Å²) in [7, 11) is -1.68. The Morgan fingerprint density at radius 2 is 1.84 bits per heavy atom. The van der Waals surface area contributed by atoms with Gasteiger partial charge in [-0.1, -0.05) is 0 Å². The standard InChI is InChI=1S/C13H21NO4S/c1-13(2,3)19(15,16)8-7-18-12-9-10(14)5-6-11(12)17-4/h5-6,9H,7-8,14H2,1-4H3. The smallest absolute Gasteiger partial charge is 0.163 e. The van der Waals surface area contributed by atoms with Gasteiger partial charge in [0.2, 0.25) is 0 Å². The summed E-state index contributed by atoms with van der Waals surface area (Å²) >= 11 is 0. The Bertz CT molecular complexity index is 532. The van der Waals surface area contributed by atoms with E-state index in [1.807, 2.05) is 0 Å². The summed E-state index contributed by atoms with van der Waals surface area (Å²) in [6, 6.07) is 4.99. The minimum Gasteiger partial charge on any atom is -0.493 e. The van der Waals surface area contributed by atoms with Crippen LogP contribution in [0.15, 0.2) is 18.2 Å². The maximum Gasteiger partial charge on any atom is 0.163 e. The molecule has 0 heterocycles. The van der Waals surface area contributed by atoms with Crippen molar-refractivity contribution in [2.75, 3.05) is 25.2 Å². The molecule has 108 valence electrons. The molecule has 0 saturated carbocycles. The number of ether oxygens (including phenoxy) is 2. The van der Waals surface area contributed by atoms with Crippen LogP contribution in [0.1, 0.15) is 20.8 Å². The highest BCUT2D eigenvalue weighted by atomic mass is 32.2. The Hall–Kier alpha value is -1.43. The van der Waals surface area contributed by atoms with Crippen molar-refractivity contribution >= 4 is 15.5 Å². The normalized spacial score (nSPS) is 12.2. The molecule has 0 fully saturated rings. The first-order chi connectivity index (χ1) is 8.67. The summed E-state index contributed by atoms with van der Waals surface area (Å²) in [5.41, 5.74) is 6.19. The number of benzene rings is 1. The second-order valence-electron chi connectivity index (χ2n) is 5.19. The number of hydrogen-bond acceptors (Lipinski definition) is 5. The largest absolute Gasteiger partial charge is 0.493 e. The predicted octanol–water partition coefficient (Wildman–Crippen LogP) is 1.87. The monoisotopic (exact) mass is 287 g/mol. The molecule has 0 bridgehead atoms. The van der Waals surface area contributed by atoms with Gasteiger partial charge in [-0.2, -0.15) is 0 Å². The van der Waals surface area contributed by atoms with Gasteiger partial charge in [0.05, 0.1) is 17.6 Å². The van der Waals surface area contributed by atoms with Crippen LogP contribution < -0.4 is 15.2 Å². The summed E-state index contributed by atoms with van der Waals surface area (Å²) < 4.78 is 33.6. The lowest BCUT2D eigenvalue weighted by Crippen LogP contribution is -2.32. The van der Waals surface area contributed by atoms with Crippen molar-refractivity contribution in [1.82, 2.24) is 0 Å². The van der Waals surface area contributed by atoms with Gasteiger partial charge in [-0.15, -0.1) is 0 Å². The number of nitrogen functional groups attached to an aromatic ring is 1. The van der Waals surface area contributed by atoms with Gasteiger partial charge in [-0.25, -0.2) is 8.42 Å². The number of sulfone groups is 1. The quantitative estimate of drug-likeness (QED) is 0.836. The van der Waals surface area contributed by atoms with Gasteiger partial charge < -0.3 is 15.2 Å². The molecule has 0 aliphatic heterocycles. The zero-order chi connectivity index (χ0) is 14.7. The first-order valence-corrected chi connectivity index (χ1v) is 7.61. The van der Waals surface area contributed by atoms with Gasteiger partial charge in [0.25, 0.3) is 0 Å². The van der Waals surface area contributed by atoms with E-state index in [1.54, 1.807) is 39.0 Å². The van der Waals surface area contributed by atoms with Gasteiger partial charge in [0.1, 0.15) is 6.61 Å². The molecule has 6 heteroatoms. The molecule has 19 heavy (non-hydrogen) atoms. The summed E-state index contributed by atoms with van der Waals surface area (Å²) in [5, 5.41) is 0. The third kappa shape index (κ3) is 4.02. The van der Waals surface area contributed by atoms with E-state index in [2.05, 4.69) is 0 Å². The van der Waals surface area contributed by atoms with Crippen molar-refractivity contribution < 1.29 is 17.9 Å². The summed E-state index contributed by atoms with van der Waals surface area (Å²) in [5.74, 6) is 0.933. The number of hydrogen-bond donors (Lipinski definition) is 1. The molecule has 1 aromatic carbocycles. The average Bonchev–Trinajstić information content (AvgIpc) is 2.27. The summed E-state index contributed by atoms with van der Waals surface area (Å²) in [6.45, 7) is 5.08. The zero-order valence-electron chi connectivity index (χ0n) is 11.8. The third-order valence-electron chi connectivity index (χ3n) is 2.73. The highest BCUT2D eigenvalue weighted by molar-refractivity contribution is 7.92. The molecular formula is C13H21NO4S. The van der Waals surface area contributed by atoms with Crippen LogP contribution in [0.2, 0.25) is 0 Å². The Balaban J connectivity index is 2.71. The second-order valence-corrected chi connectivity index (χ2v) is 8.05. The summed E-state index contributed by atoms with van der Waals surface area (Å²) in [6.07, 6.45) is 0. The van der Waals surface area contributed by atoms with Crippen LogP contribution >= 0.6 is 0 Å². The Labute approximate surface area is 114 Å². The lowest BCUT2D eigenvalue weighted by atomic mass is 10.3. The van der Waals surface area contributed by atoms with Gasteiger partial charge in [-0.05, 0) is 32.9 Å². The molecule has 0 aliphatic rings.